The molecule has 0 amide bonds. The minimum absolute atomic E-state index is 0.144. The van der Waals surface area contributed by atoms with Crippen LogP contribution in [0.1, 0.15) is 38.7 Å². The lowest BCUT2D eigenvalue weighted by molar-refractivity contribution is 0.104. The van der Waals surface area contributed by atoms with Gasteiger partial charge in [-0.15, -0.1) is 11.3 Å². The van der Waals surface area contributed by atoms with E-state index in [0.717, 1.165) is 44.1 Å². The third-order valence-electron chi connectivity index (χ3n) is 8.28. The number of nitrogens with zero attached hydrogens (tertiary/aromatic N) is 1. The first kappa shape index (κ1) is 19.7. The summed E-state index contributed by atoms with van der Waals surface area (Å²) in [6.45, 7) is 0. The number of carbonyl (C=O) groups is 1. The van der Waals surface area contributed by atoms with E-state index < -0.39 is 0 Å². The standard InChI is InChI=1S/C33H20N2OS/c36-32-25-16-30(37-33(25)24-14-18-8-2-1-3-9-19(18)31(24)32)35-28-13-7-5-11-21(28)23-15-22-20-10-4-6-12-26(20)34-27(22)17-29(23)35/h1-14,16-17,22,34H,15H2. The number of fused-ring (bicyclic) bond motifs is 11. The number of carbonyl (C=O) groups excluding carboxylic acids is 1. The lowest BCUT2D eigenvalue weighted by Crippen LogP contribution is -2.11. The molecule has 5 aliphatic rings. The average molecular weight is 493 g/mol. The number of allylic oxidation sites excluding steroid dienone is 1. The summed E-state index contributed by atoms with van der Waals surface area (Å²) >= 11 is 1.73. The average Bonchev–Trinajstić information content (AvgIpc) is 3.67. The van der Waals surface area contributed by atoms with E-state index in [4.69, 9.17) is 0 Å². The van der Waals surface area contributed by atoms with Crippen LogP contribution in [-0.2, 0) is 6.42 Å². The van der Waals surface area contributed by atoms with E-state index in [0.29, 0.717) is 5.92 Å². The summed E-state index contributed by atoms with van der Waals surface area (Å²) in [5, 5.41) is 6.07. The van der Waals surface area contributed by atoms with Gasteiger partial charge in [0.1, 0.15) is 5.00 Å². The summed E-state index contributed by atoms with van der Waals surface area (Å²) < 4.78 is 2.37. The molecule has 174 valence electrons. The van der Waals surface area contributed by atoms with E-state index in [2.05, 4.69) is 88.8 Å². The Morgan fingerprint density at radius 2 is 1.68 bits per heavy atom. The van der Waals surface area contributed by atoms with Crippen molar-refractivity contribution >= 4 is 39.8 Å². The SMILES string of the molecule is O=C1c2cc(-n3c4c(c5ccccc53)CC3C(=C4)Nc4ccccc43)sc2-c2cc3cccccc-3c21. The van der Waals surface area contributed by atoms with Gasteiger partial charge in [0, 0.05) is 44.3 Å². The second-order valence-electron chi connectivity index (χ2n) is 10.2. The van der Waals surface area contributed by atoms with E-state index in [9.17, 15) is 4.79 Å². The second kappa shape index (κ2) is 6.87. The van der Waals surface area contributed by atoms with Crippen LogP contribution in [0.4, 0.5) is 5.69 Å². The molecule has 1 unspecified atom stereocenters. The maximum atomic E-state index is 13.7. The fourth-order valence-electron chi connectivity index (χ4n) is 6.67. The van der Waals surface area contributed by atoms with E-state index in [1.54, 1.807) is 11.3 Å². The molecule has 37 heavy (non-hydrogen) atoms. The molecule has 3 heterocycles. The third kappa shape index (κ3) is 2.48. The van der Waals surface area contributed by atoms with Crippen molar-refractivity contribution in [2.45, 2.75) is 12.3 Å². The fourth-order valence-corrected chi connectivity index (χ4v) is 7.87. The molecule has 4 aliphatic carbocycles. The van der Waals surface area contributed by atoms with Gasteiger partial charge in [-0.05, 0) is 59.0 Å². The number of ketones is 1. The largest absolute Gasteiger partial charge is 0.358 e. The number of anilines is 1. The zero-order chi connectivity index (χ0) is 24.2. The number of aromatic nitrogens is 1. The van der Waals surface area contributed by atoms with Crippen LogP contribution >= 0.6 is 11.3 Å². The molecule has 1 N–H and O–H groups in total. The predicted molar refractivity (Wildman–Crippen MR) is 151 cm³/mol. The molecule has 3 nitrogen and oxygen atoms in total. The van der Waals surface area contributed by atoms with E-state index in [-0.39, 0.29) is 5.78 Å². The molecule has 1 atom stereocenters. The van der Waals surface area contributed by atoms with Gasteiger partial charge in [0.15, 0.2) is 5.78 Å². The molecule has 0 spiro atoms. The van der Waals surface area contributed by atoms with Gasteiger partial charge < -0.3 is 9.88 Å². The van der Waals surface area contributed by atoms with E-state index in [1.165, 1.54) is 39.1 Å². The Kier molecular flexibility index (Phi) is 3.67. The highest BCUT2D eigenvalue weighted by Gasteiger charge is 2.37. The minimum Gasteiger partial charge on any atom is -0.358 e. The lowest BCUT2D eigenvalue weighted by Gasteiger charge is -2.19. The molecule has 0 radical (unpaired) electrons. The maximum Gasteiger partial charge on any atom is 0.195 e. The quantitative estimate of drug-likeness (QED) is 0.251. The first-order chi connectivity index (χ1) is 18.3. The first-order valence-electron chi connectivity index (χ1n) is 12.7. The van der Waals surface area contributed by atoms with Gasteiger partial charge >= 0.3 is 0 Å². The zero-order valence-electron chi connectivity index (χ0n) is 19.8. The number of nitrogens with one attached hydrogen (secondary N) is 1. The number of hydrogen-bond donors (Lipinski definition) is 1. The number of hydrogen-bond acceptors (Lipinski definition) is 3. The van der Waals surface area contributed by atoms with Crippen molar-refractivity contribution in [2.24, 2.45) is 0 Å². The van der Waals surface area contributed by atoms with Crippen LogP contribution in [0.25, 0.3) is 43.5 Å². The monoisotopic (exact) mass is 492 g/mol. The van der Waals surface area contributed by atoms with Crippen molar-refractivity contribution in [3.05, 3.63) is 125 Å². The van der Waals surface area contributed by atoms with Gasteiger partial charge in [0.05, 0.1) is 11.2 Å². The van der Waals surface area contributed by atoms with Crippen LogP contribution in [0.5, 0.6) is 0 Å². The Labute approximate surface area is 217 Å². The van der Waals surface area contributed by atoms with Crippen molar-refractivity contribution in [3.63, 3.8) is 0 Å². The Morgan fingerprint density at radius 3 is 2.65 bits per heavy atom. The molecule has 1 aliphatic heterocycles. The molecule has 2 aromatic carbocycles. The van der Waals surface area contributed by atoms with Crippen LogP contribution in [0.15, 0.2) is 96.7 Å². The molecule has 4 aromatic rings. The minimum atomic E-state index is 0.144. The maximum absolute atomic E-state index is 13.7. The summed E-state index contributed by atoms with van der Waals surface area (Å²) in [4.78, 5) is 14.7. The van der Waals surface area contributed by atoms with Crippen molar-refractivity contribution in [1.82, 2.24) is 4.57 Å². The van der Waals surface area contributed by atoms with E-state index in [1.807, 2.05) is 18.2 Å². The van der Waals surface area contributed by atoms with Crippen molar-refractivity contribution in [1.29, 1.82) is 0 Å². The summed E-state index contributed by atoms with van der Waals surface area (Å²) in [7, 11) is 0. The number of rotatable bonds is 1. The lowest BCUT2D eigenvalue weighted by atomic mass is 9.86. The zero-order valence-corrected chi connectivity index (χ0v) is 20.6. The molecule has 9 rings (SSSR count). The molecule has 0 fully saturated rings. The molecular formula is C33H20N2OS. The van der Waals surface area contributed by atoms with Gasteiger partial charge in [-0.2, -0.15) is 0 Å². The molecule has 0 saturated carbocycles. The predicted octanol–water partition coefficient (Wildman–Crippen LogP) is 8.11. The molecule has 0 bridgehead atoms. The van der Waals surface area contributed by atoms with Crippen molar-refractivity contribution in [2.75, 3.05) is 5.32 Å². The van der Waals surface area contributed by atoms with Crippen LogP contribution in [0, 0.1) is 0 Å². The van der Waals surface area contributed by atoms with Crippen LogP contribution < -0.4 is 5.32 Å². The van der Waals surface area contributed by atoms with Crippen LogP contribution in [0.3, 0.4) is 0 Å². The van der Waals surface area contributed by atoms with Crippen molar-refractivity contribution < 1.29 is 4.79 Å². The Balaban J connectivity index is 1.26. The highest BCUT2D eigenvalue weighted by atomic mass is 32.1. The smallest absolute Gasteiger partial charge is 0.195 e. The highest BCUT2D eigenvalue weighted by Crippen LogP contribution is 2.52. The molecular weight excluding hydrogens is 472 g/mol. The van der Waals surface area contributed by atoms with Gasteiger partial charge in [-0.25, -0.2) is 0 Å². The molecule has 0 saturated heterocycles. The van der Waals surface area contributed by atoms with Crippen molar-refractivity contribution in [3.8, 4) is 26.6 Å². The summed E-state index contributed by atoms with van der Waals surface area (Å²) in [6.07, 6.45) is 3.30. The second-order valence-corrected chi connectivity index (χ2v) is 11.2. The number of benzene rings is 2. The van der Waals surface area contributed by atoms with Gasteiger partial charge in [-0.1, -0.05) is 66.7 Å². The fraction of sp³-hybridized carbons (Fsp3) is 0.0606. The summed E-state index contributed by atoms with van der Waals surface area (Å²) in [5.74, 6) is 0.504. The van der Waals surface area contributed by atoms with Gasteiger partial charge in [0.25, 0.3) is 0 Å². The molecule has 2 aromatic heterocycles. The number of para-hydroxylation sites is 2. The van der Waals surface area contributed by atoms with Crippen LogP contribution in [0.2, 0.25) is 0 Å². The summed E-state index contributed by atoms with van der Waals surface area (Å²) in [5.41, 5.74) is 12.6. The normalized spacial score (nSPS) is 16.7. The topological polar surface area (TPSA) is 34.0 Å². The first-order valence-corrected chi connectivity index (χ1v) is 13.5. The van der Waals surface area contributed by atoms with Gasteiger partial charge in [-0.3, -0.25) is 4.79 Å². The highest BCUT2D eigenvalue weighted by molar-refractivity contribution is 7.18. The summed E-state index contributed by atoms with van der Waals surface area (Å²) in [6, 6.07) is 31.9. The Hall–Kier alpha value is -4.41. The molecule has 4 heteroatoms. The Bertz CT molecular complexity index is 1970. The Morgan fingerprint density at radius 1 is 0.838 bits per heavy atom. The third-order valence-corrected chi connectivity index (χ3v) is 9.43. The number of thiophene rings is 1. The van der Waals surface area contributed by atoms with Crippen LogP contribution in [-0.4, -0.2) is 10.4 Å². The van der Waals surface area contributed by atoms with Gasteiger partial charge in [0.2, 0.25) is 0 Å². The van der Waals surface area contributed by atoms with E-state index >= 15 is 0 Å².